The predicted molar refractivity (Wildman–Crippen MR) is 63.6 cm³/mol. The lowest BCUT2D eigenvalue weighted by Gasteiger charge is -2.24. The van der Waals surface area contributed by atoms with Crippen molar-refractivity contribution in [3.63, 3.8) is 0 Å². The van der Waals surface area contributed by atoms with Crippen LogP contribution in [0.1, 0.15) is 12.8 Å². The first-order chi connectivity index (χ1) is 7.93. The van der Waals surface area contributed by atoms with Gasteiger partial charge < -0.3 is 10.1 Å². The predicted octanol–water partition coefficient (Wildman–Crippen LogP) is 2.15. The highest BCUT2D eigenvalue weighted by Crippen LogP contribution is 2.23. The van der Waals surface area contributed by atoms with Crippen molar-refractivity contribution in [3.05, 3.63) is 24.4 Å². The highest BCUT2D eigenvalue weighted by atomic mass is 16.5. The summed E-state index contributed by atoms with van der Waals surface area (Å²) in [6, 6.07) is 6.71. The van der Waals surface area contributed by atoms with Crippen LogP contribution < -0.4 is 5.32 Å². The fraction of sp³-hybridized carbons (Fsp3) is 0.417. The smallest absolute Gasteiger partial charge is 0.0671 e. The molecule has 0 saturated carbocycles. The van der Waals surface area contributed by atoms with E-state index >= 15 is 0 Å². The minimum absolute atomic E-state index is 0.522. The van der Waals surface area contributed by atoms with Crippen LogP contribution in [-0.4, -0.2) is 29.5 Å². The Balaban J connectivity index is 1.85. The zero-order chi connectivity index (χ0) is 10.8. The maximum Gasteiger partial charge on any atom is 0.0671 e. The number of rotatable bonds is 2. The molecule has 84 valence electrons. The van der Waals surface area contributed by atoms with Gasteiger partial charge in [-0.2, -0.15) is 5.10 Å². The number of H-pyrrole nitrogens is 1. The van der Waals surface area contributed by atoms with E-state index in [9.17, 15) is 0 Å². The monoisotopic (exact) mass is 217 g/mol. The van der Waals surface area contributed by atoms with E-state index < -0.39 is 0 Å². The number of hydrogen-bond donors (Lipinski definition) is 2. The summed E-state index contributed by atoms with van der Waals surface area (Å²) < 4.78 is 5.35. The fourth-order valence-electron chi connectivity index (χ4n) is 2.16. The van der Waals surface area contributed by atoms with Gasteiger partial charge >= 0.3 is 0 Å². The molecule has 0 radical (unpaired) electrons. The lowest BCUT2D eigenvalue weighted by atomic mass is 10.1. The van der Waals surface area contributed by atoms with E-state index in [2.05, 4.69) is 21.6 Å². The van der Waals surface area contributed by atoms with Crippen molar-refractivity contribution in [2.24, 2.45) is 0 Å². The number of anilines is 1. The number of nitrogens with one attached hydrogen (secondary N) is 2. The number of fused-ring (bicyclic) bond motifs is 1. The van der Waals surface area contributed by atoms with Gasteiger partial charge in [0.1, 0.15) is 0 Å². The largest absolute Gasteiger partial charge is 0.382 e. The van der Waals surface area contributed by atoms with Crippen LogP contribution in [0.2, 0.25) is 0 Å². The molecular formula is C12H15N3O. The molecule has 2 aromatic rings. The minimum atomic E-state index is 0.522. The molecule has 1 fully saturated rings. The summed E-state index contributed by atoms with van der Waals surface area (Å²) >= 11 is 0. The van der Waals surface area contributed by atoms with E-state index in [4.69, 9.17) is 4.74 Å². The topological polar surface area (TPSA) is 49.9 Å². The summed E-state index contributed by atoms with van der Waals surface area (Å²) in [6.07, 6.45) is 4.03. The van der Waals surface area contributed by atoms with Crippen LogP contribution in [0.3, 0.4) is 0 Å². The molecular weight excluding hydrogens is 202 g/mol. The van der Waals surface area contributed by atoms with E-state index in [0.717, 1.165) is 42.6 Å². The first kappa shape index (κ1) is 9.66. The average molecular weight is 217 g/mol. The Morgan fingerprint density at radius 3 is 3.06 bits per heavy atom. The molecule has 0 spiro atoms. The second-order valence-corrected chi connectivity index (χ2v) is 4.17. The van der Waals surface area contributed by atoms with Crippen LogP contribution in [0.25, 0.3) is 10.9 Å². The second-order valence-electron chi connectivity index (χ2n) is 4.17. The van der Waals surface area contributed by atoms with Gasteiger partial charge in [-0.15, -0.1) is 0 Å². The molecule has 0 aliphatic carbocycles. The maximum absolute atomic E-state index is 5.35. The van der Waals surface area contributed by atoms with Gasteiger partial charge in [0.25, 0.3) is 0 Å². The Morgan fingerprint density at radius 2 is 2.19 bits per heavy atom. The van der Waals surface area contributed by atoms with E-state index in [1.807, 2.05) is 18.3 Å². The lowest BCUT2D eigenvalue weighted by molar-refractivity contribution is 0.0905. The molecule has 2 heterocycles. The van der Waals surface area contributed by atoms with E-state index in [1.54, 1.807) is 0 Å². The van der Waals surface area contributed by atoms with Gasteiger partial charge in [-0.25, -0.2) is 0 Å². The van der Waals surface area contributed by atoms with Gasteiger partial charge in [-0.1, -0.05) is 6.07 Å². The number of benzene rings is 1. The molecule has 2 N–H and O–H groups in total. The van der Waals surface area contributed by atoms with E-state index in [1.165, 1.54) is 0 Å². The third-order valence-corrected chi connectivity index (χ3v) is 3.07. The first-order valence-electron chi connectivity index (χ1n) is 5.70. The second kappa shape index (κ2) is 4.14. The third-order valence-electron chi connectivity index (χ3n) is 3.07. The van der Waals surface area contributed by atoms with Crippen LogP contribution in [0.4, 0.5) is 5.69 Å². The van der Waals surface area contributed by atoms with E-state index in [-0.39, 0.29) is 0 Å². The molecule has 4 heteroatoms. The lowest BCUT2D eigenvalue weighted by Crippen LogP contribution is -2.27. The normalized spacial score (nSPS) is 17.8. The number of aromatic nitrogens is 2. The van der Waals surface area contributed by atoms with Crippen LogP contribution in [-0.2, 0) is 4.74 Å². The standard InChI is InChI=1S/C12H15N3O/c1-2-11(10-8-13-15-12(10)3-1)14-9-4-6-16-7-5-9/h1-3,8-9,14H,4-7H2,(H,13,15). The number of hydrogen-bond acceptors (Lipinski definition) is 3. The average Bonchev–Trinajstić information content (AvgIpc) is 2.80. The number of ether oxygens (including phenoxy) is 1. The van der Waals surface area contributed by atoms with Crippen molar-refractivity contribution in [1.29, 1.82) is 0 Å². The molecule has 0 bridgehead atoms. The van der Waals surface area contributed by atoms with Gasteiger partial charge in [-0.05, 0) is 25.0 Å². The molecule has 1 saturated heterocycles. The molecule has 1 aliphatic heterocycles. The zero-order valence-electron chi connectivity index (χ0n) is 9.07. The minimum Gasteiger partial charge on any atom is -0.382 e. The number of nitrogens with zero attached hydrogens (tertiary/aromatic N) is 1. The quantitative estimate of drug-likeness (QED) is 0.810. The highest BCUT2D eigenvalue weighted by Gasteiger charge is 2.14. The van der Waals surface area contributed by atoms with Crippen molar-refractivity contribution in [1.82, 2.24) is 10.2 Å². The molecule has 0 unspecified atom stereocenters. The van der Waals surface area contributed by atoms with Crippen molar-refractivity contribution in [2.75, 3.05) is 18.5 Å². The van der Waals surface area contributed by atoms with E-state index in [0.29, 0.717) is 6.04 Å². The highest BCUT2D eigenvalue weighted by molar-refractivity contribution is 5.90. The molecule has 0 atom stereocenters. The summed E-state index contributed by atoms with van der Waals surface area (Å²) in [6.45, 7) is 1.72. The summed E-state index contributed by atoms with van der Waals surface area (Å²) in [5.74, 6) is 0. The zero-order valence-corrected chi connectivity index (χ0v) is 9.07. The summed E-state index contributed by atoms with van der Waals surface area (Å²) in [5.41, 5.74) is 2.25. The van der Waals surface area contributed by atoms with Crippen molar-refractivity contribution in [3.8, 4) is 0 Å². The van der Waals surface area contributed by atoms with Gasteiger partial charge in [-0.3, -0.25) is 5.10 Å². The SMILES string of the molecule is c1cc(NC2CCOCC2)c2cn[nH]c2c1. The van der Waals surface area contributed by atoms with Crippen molar-refractivity contribution in [2.45, 2.75) is 18.9 Å². The third kappa shape index (κ3) is 1.76. The van der Waals surface area contributed by atoms with Crippen molar-refractivity contribution >= 4 is 16.6 Å². The van der Waals surface area contributed by atoms with Crippen LogP contribution in [0.5, 0.6) is 0 Å². The summed E-state index contributed by atoms with van der Waals surface area (Å²) in [4.78, 5) is 0. The molecule has 3 rings (SSSR count). The first-order valence-corrected chi connectivity index (χ1v) is 5.70. The number of aromatic amines is 1. The molecule has 4 nitrogen and oxygen atoms in total. The van der Waals surface area contributed by atoms with Crippen LogP contribution >= 0.6 is 0 Å². The maximum atomic E-state index is 5.35. The van der Waals surface area contributed by atoms with Gasteiger partial charge in [0.15, 0.2) is 0 Å². The molecule has 1 aliphatic rings. The molecule has 0 amide bonds. The Kier molecular flexibility index (Phi) is 2.50. The Morgan fingerprint density at radius 1 is 1.31 bits per heavy atom. The Bertz CT molecular complexity index is 474. The van der Waals surface area contributed by atoms with Gasteiger partial charge in [0.05, 0.1) is 11.7 Å². The molecule has 16 heavy (non-hydrogen) atoms. The van der Waals surface area contributed by atoms with Crippen molar-refractivity contribution < 1.29 is 4.74 Å². The van der Waals surface area contributed by atoms with Gasteiger partial charge in [0, 0.05) is 30.3 Å². The Labute approximate surface area is 94.0 Å². The van der Waals surface area contributed by atoms with Crippen LogP contribution in [0, 0.1) is 0 Å². The molecule has 1 aromatic heterocycles. The summed E-state index contributed by atoms with van der Waals surface area (Å²) in [7, 11) is 0. The summed E-state index contributed by atoms with van der Waals surface area (Å²) in [5, 5.41) is 11.8. The fourth-order valence-corrected chi connectivity index (χ4v) is 2.16. The Hall–Kier alpha value is -1.55. The molecule has 1 aromatic carbocycles. The van der Waals surface area contributed by atoms with Crippen LogP contribution in [0.15, 0.2) is 24.4 Å². The van der Waals surface area contributed by atoms with Gasteiger partial charge in [0.2, 0.25) is 0 Å².